The van der Waals surface area contributed by atoms with Crippen LogP contribution in [0.3, 0.4) is 0 Å². The maximum Gasteiger partial charge on any atom is 0.151 e. The lowest BCUT2D eigenvalue weighted by molar-refractivity contribution is -0.0489. The molecule has 2 nitrogen and oxygen atoms in total. The molecule has 0 aromatic heterocycles. The fraction of sp³-hybridized carbons (Fsp3) is 0.500. The number of ether oxygens (including phenoxy) is 1. The normalized spacial score (nSPS) is 13.9. The maximum absolute atomic E-state index is 13.2. The zero-order valence-electron chi connectivity index (χ0n) is 9.11. The summed E-state index contributed by atoms with van der Waals surface area (Å²) in [6.07, 6.45) is -1.36. The minimum absolute atomic E-state index is 0.0849. The van der Waals surface area contributed by atoms with Crippen molar-refractivity contribution in [1.29, 1.82) is 0 Å². The maximum atomic E-state index is 13.2. The van der Waals surface area contributed by atoms with E-state index in [9.17, 15) is 9.50 Å². The lowest BCUT2D eigenvalue weighted by atomic mass is 10.0. The van der Waals surface area contributed by atoms with Crippen molar-refractivity contribution in [3.8, 4) is 0 Å². The smallest absolute Gasteiger partial charge is 0.151 e. The fourth-order valence-corrected chi connectivity index (χ4v) is 1.06. The topological polar surface area (TPSA) is 29.5 Å². The second-order valence-electron chi connectivity index (χ2n) is 4.12. The van der Waals surface area contributed by atoms with E-state index in [1.165, 1.54) is 13.8 Å². The van der Waals surface area contributed by atoms with Crippen molar-refractivity contribution in [1.82, 2.24) is 0 Å². The summed E-state index contributed by atoms with van der Waals surface area (Å²) in [5.41, 5.74) is -0.336. The third kappa shape index (κ3) is 4.40. The van der Waals surface area contributed by atoms with Gasteiger partial charge in [-0.3, -0.25) is 0 Å². The number of rotatable bonds is 5. The van der Waals surface area contributed by atoms with Gasteiger partial charge in [-0.2, -0.15) is 0 Å². The molecule has 3 heteroatoms. The Labute approximate surface area is 89.7 Å². The molecular formula is C12H17FO2. The minimum atomic E-state index is -1.36. The van der Waals surface area contributed by atoms with Gasteiger partial charge in [0.25, 0.3) is 0 Å². The summed E-state index contributed by atoms with van der Waals surface area (Å²) in [5, 5.41) is 9.33. The van der Waals surface area contributed by atoms with Crippen LogP contribution in [0.4, 0.5) is 4.39 Å². The summed E-state index contributed by atoms with van der Waals surface area (Å²) in [4.78, 5) is 0. The van der Waals surface area contributed by atoms with Gasteiger partial charge in [0.2, 0.25) is 0 Å². The van der Waals surface area contributed by atoms with Gasteiger partial charge in [0.15, 0.2) is 6.17 Å². The Morgan fingerprint density at radius 3 is 2.47 bits per heavy atom. The molecule has 15 heavy (non-hydrogen) atoms. The molecule has 1 unspecified atom stereocenters. The largest absolute Gasteiger partial charge is 0.387 e. The molecule has 0 radical (unpaired) electrons. The molecule has 0 aliphatic rings. The zero-order chi connectivity index (χ0) is 11.3. The van der Waals surface area contributed by atoms with E-state index in [0.717, 1.165) is 5.56 Å². The van der Waals surface area contributed by atoms with Gasteiger partial charge in [0.1, 0.15) is 0 Å². The summed E-state index contributed by atoms with van der Waals surface area (Å²) >= 11 is 0. The zero-order valence-corrected chi connectivity index (χ0v) is 9.11. The molecule has 0 saturated carbocycles. The Hall–Kier alpha value is -0.930. The first-order chi connectivity index (χ1) is 7.00. The third-order valence-corrected chi connectivity index (χ3v) is 2.14. The summed E-state index contributed by atoms with van der Waals surface area (Å²) in [6, 6.07) is 9.55. The van der Waals surface area contributed by atoms with E-state index in [1.807, 2.05) is 30.3 Å². The number of hydrogen-bond donors (Lipinski definition) is 1. The van der Waals surface area contributed by atoms with Crippen LogP contribution >= 0.6 is 0 Å². The van der Waals surface area contributed by atoms with Crippen molar-refractivity contribution in [2.75, 3.05) is 6.61 Å². The van der Waals surface area contributed by atoms with Crippen molar-refractivity contribution < 1.29 is 14.2 Å². The predicted molar refractivity (Wildman–Crippen MR) is 57.3 cm³/mol. The molecule has 1 rings (SSSR count). The van der Waals surface area contributed by atoms with E-state index < -0.39 is 11.8 Å². The van der Waals surface area contributed by atoms with Crippen LogP contribution in [-0.4, -0.2) is 23.5 Å². The molecule has 0 fully saturated rings. The van der Waals surface area contributed by atoms with E-state index in [4.69, 9.17) is 4.74 Å². The van der Waals surface area contributed by atoms with Crippen LogP contribution in [0.15, 0.2) is 30.3 Å². The SMILES string of the molecule is CC(C)(O)C(F)COCc1ccccc1. The van der Waals surface area contributed by atoms with Gasteiger partial charge >= 0.3 is 0 Å². The average Bonchev–Trinajstić information content (AvgIpc) is 2.18. The molecule has 0 bridgehead atoms. The number of benzene rings is 1. The van der Waals surface area contributed by atoms with Crippen molar-refractivity contribution in [2.45, 2.75) is 32.2 Å². The molecule has 0 spiro atoms. The van der Waals surface area contributed by atoms with Crippen LogP contribution in [-0.2, 0) is 11.3 Å². The van der Waals surface area contributed by atoms with E-state index in [2.05, 4.69) is 0 Å². The van der Waals surface area contributed by atoms with Crippen LogP contribution in [0.5, 0.6) is 0 Å². The monoisotopic (exact) mass is 212 g/mol. The van der Waals surface area contributed by atoms with E-state index in [-0.39, 0.29) is 6.61 Å². The van der Waals surface area contributed by atoms with Crippen LogP contribution in [0.2, 0.25) is 0 Å². The van der Waals surface area contributed by atoms with Crippen molar-refractivity contribution in [3.05, 3.63) is 35.9 Å². The molecule has 0 saturated heterocycles. The quantitative estimate of drug-likeness (QED) is 0.811. The lowest BCUT2D eigenvalue weighted by Crippen LogP contribution is -2.35. The third-order valence-electron chi connectivity index (χ3n) is 2.14. The van der Waals surface area contributed by atoms with Gasteiger partial charge in [-0.15, -0.1) is 0 Å². The molecule has 0 amide bonds. The number of halogens is 1. The van der Waals surface area contributed by atoms with Gasteiger partial charge in [-0.05, 0) is 19.4 Å². The molecule has 1 aromatic carbocycles. The molecule has 1 aromatic rings. The van der Waals surface area contributed by atoms with Crippen LogP contribution < -0.4 is 0 Å². The van der Waals surface area contributed by atoms with Gasteiger partial charge in [-0.1, -0.05) is 30.3 Å². The molecule has 0 aliphatic carbocycles. The van der Waals surface area contributed by atoms with Crippen molar-refractivity contribution >= 4 is 0 Å². The van der Waals surface area contributed by atoms with E-state index in [1.54, 1.807) is 0 Å². The molecule has 0 aliphatic heterocycles. The van der Waals surface area contributed by atoms with Gasteiger partial charge in [0.05, 0.1) is 18.8 Å². The molecular weight excluding hydrogens is 195 g/mol. The summed E-state index contributed by atoms with van der Waals surface area (Å²) < 4.78 is 18.4. The van der Waals surface area contributed by atoms with Crippen molar-refractivity contribution in [2.24, 2.45) is 0 Å². The lowest BCUT2D eigenvalue weighted by Gasteiger charge is -2.22. The Kier molecular flexibility index (Phi) is 4.24. The second kappa shape index (κ2) is 5.24. The van der Waals surface area contributed by atoms with Gasteiger partial charge in [-0.25, -0.2) is 4.39 Å². The first-order valence-corrected chi connectivity index (χ1v) is 4.98. The fourth-order valence-electron chi connectivity index (χ4n) is 1.06. The number of hydrogen-bond acceptors (Lipinski definition) is 2. The van der Waals surface area contributed by atoms with Gasteiger partial charge < -0.3 is 9.84 Å². The highest BCUT2D eigenvalue weighted by molar-refractivity contribution is 5.13. The Morgan fingerprint density at radius 2 is 1.93 bits per heavy atom. The molecule has 1 N–H and O–H groups in total. The molecule has 0 heterocycles. The van der Waals surface area contributed by atoms with Crippen LogP contribution in [0.1, 0.15) is 19.4 Å². The first kappa shape index (κ1) is 12.1. The minimum Gasteiger partial charge on any atom is -0.387 e. The first-order valence-electron chi connectivity index (χ1n) is 4.98. The van der Waals surface area contributed by atoms with Crippen LogP contribution in [0.25, 0.3) is 0 Å². The predicted octanol–water partition coefficient (Wildman–Crippen LogP) is 2.31. The number of aliphatic hydroxyl groups is 1. The molecule has 84 valence electrons. The Balaban J connectivity index is 2.28. The van der Waals surface area contributed by atoms with Crippen molar-refractivity contribution in [3.63, 3.8) is 0 Å². The van der Waals surface area contributed by atoms with Crippen LogP contribution in [0, 0.1) is 0 Å². The van der Waals surface area contributed by atoms with E-state index >= 15 is 0 Å². The summed E-state index contributed by atoms with van der Waals surface area (Å²) in [7, 11) is 0. The number of alkyl halides is 1. The standard InChI is InChI=1S/C12H17FO2/c1-12(2,14)11(13)9-15-8-10-6-4-3-5-7-10/h3-7,11,14H,8-9H2,1-2H3. The highest BCUT2D eigenvalue weighted by atomic mass is 19.1. The average molecular weight is 212 g/mol. The molecule has 1 atom stereocenters. The highest BCUT2D eigenvalue weighted by Crippen LogP contribution is 2.13. The van der Waals surface area contributed by atoms with E-state index in [0.29, 0.717) is 6.61 Å². The summed E-state index contributed by atoms with van der Waals surface area (Å²) in [6.45, 7) is 3.16. The van der Waals surface area contributed by atoms with Gasteiger partial charge in [0, 0.05) is 0 Å². The summed E-state index contributed by atoms with van der Waals surface area (Å²) in [5.74, 6) is 0. The highest BCUT2D eigenvalue weighted by Gasteiger charge is 2.26. The second-order valence-corrected chi connectivity index (χ2v) is 4.12. The Bertz CT molecular complexity index is 279. The Morgan fingerprint density at radius 1 is 1.33 bits per heavy atom.